The highest BCUT2D eigenvalue weighted by molar-refractivity contribution is 6.00. The summed E-state index contributed by atoms with van der Waals surface area (Å²) in [6, 6.07) is 9.19. The first-order valence-corrected chi connectivity index (χ1v) is 7.62. The summed E-state index contributed by atoms with van der Waals surface area (Å²) in [6.07, 6.45) is 1.28. The molecular formula is C18H17N3O5. The van der Waals surface area contributed by atoms with Gasteiger partial charge in [-0.1, -0.05) is 0 Å². The van der Waals surface area contributed by atoms with E-state index in [1.807, 2.05) is 0 Å². The fourth-order valence-electron chi connectivity index (χ4n) is 2.45. The number of fused-ring (bicyclic) bond motifs is 1. The normalized spacial score (nSPS) is 11.0. The molecule has 8 heteroatoms. The average Bonchev–Trinajstić information content (AvgIpc) is 3.06. The Morgan fingerprint density at radius 2 is 1.96 bits per heavy atom. The van der Waals surface area contributed by atoms with E-state index in [-0.39, 0.29) is 11.5 Å². The number of H-pyrrole nitrogens is 1. The van der Waals surface area contributed by atoms with Gasteiger partial charge in [0.15, 0.2) is 0 Å². The first kappa shape index (κ1) is 17.2. The number of hydrogen-bond donors (Lipinski definition) is 4. The maximum atomic E-state index is 12.3. The Bertz CT molecular complexity index is 994. The standard InChI is InChI=1S/C18H17N3O5/c1-25-12-6-14-13(17(7-12)26-2)8-15(20-14)18(24)21-19-9-10-3-4-11(22)5-16(10)23/h3-9,20,22-23H,1-2H3,(H,21,24)/b19-9+. The minimum atomic E-state index is -0.461. The Hall–Kier alpha value is -3.68. The van der Waals surface area contributed by atoms with Gasteiger partial charge in [0.25, 0.3) is 5.91 Å². The van der Waals surface area contributed by atoms with Crippen molar-refractivity contribution in [2.75, 3.05) is 14.2 Å². The molecular weight excluding hydrogens is 338 g/mol. The molecule has 1 aromatic heterocycles. The predicted octanol–water partition coefficient (Wildman–Crippen LogP) is 2.36. The first-order valence-electron chi connectivity index (χ1n) is 7.62. The number of phenols is 2. The monoisotopic (exact) mass is 355 g/mol. The van der Waals surface area contributed by atoms with Crippen LogP contribution in [0.15, 0.2) is 41.5 Å². The Morgan fingerprint density at radius 3 is 2.65 bits per heavy atom. The Kier molecular flexibility index (Phi) is 4.66. The Labute approximate surface area is 148 Å². The average molecular weight is 355 g/mol. The molecule has 0 unspecified atom stereocenters. The molecule has 0 radical (unpaired) electrons. The third-order valence-corrected chi connectivity index (χ3v) is 3.76. The van der Waals surface area contributed by atoms with Crippen LogP contribution in [-0.2, 0) is 0 Å². The van der Waals surface area contributed by atoms with Crippen molar-refractivity contribution in [2.24, 2.45) is 5.10 Å². The van der Waals surface area contributed by atoms with Crippen LogP contribution in [0, 0.1) is 0 Å². The molecule has 1 amide bonds. The van der Waals surface area contributed by atoms with Gasteiger partial charge in [-0.3, -0.25) is 4.79 Å². The number of benzene rings is 2. The van der Waals surface area contributed by atoms with Gasteiger partial charge in [0.05, 0.1) is 26.0 Å². The zero-order valence-electron chi connectivity index (χ0n) is 14.1. The lowest BCUT2D eigenvalue weighted by Crippen LogP contribution is -2.17. The number of ether oxygens (including phenoxy) is 2. The second-order valence-corrected chi connectivity index (χ2v) is 5.42. The summed E-state index contributed by atoms with van der Waals surface area (Å²) in [6.45, 7) is 0. The van der Waals surface area contributed by atoms with Crippen LogP contribution in [-0.4, -0.2) is 41.5 Å². The molecule has 0 spiro atoms. The van der Waals surface area contributed by atoms with E-state index in [1.54, 1.807) is 25.3 Å². The minimum Gasteiger partial charge on any atom is -0.508 e. The lowest BCUT2D eigenvalue weighted by atomic mass is 10.2. The van der Waals surface area contributed by atoms with Gasteiger partial charge in [-0.15, -0.1) is 0 Å². The van der Waals surface area contributed by atoms with E-state index in [4.69, 9.17) is 9.47 Å². The number of carbonyl (C=O) groups is 1. The van der Waals surface area contributed by atoms with E-state index in [2.05, 4.69) is 15.5 Å². The molecule has 0 fully saturated rings. The van der Waals surface area contributed by atoms with Gasteiger partial charge in [0.2, 0.25) is 0 Å². The predicted molar refractivity (Wildman–Crippen MR) is 96.2 cm³/mol. The van der Waals surface area contributed by atoms with Crippen LogP contribution >= 0.6 is 0 Å². The largest absolute Gasteiger partial charge is 0.508 e. The van der Waals surface area contributed by atoms with Crippen LogP contribution in [0.5, 0.6) is 23.0 Å². The van der Waals surface area contributed by atoms with Gasteiger partial charge in [0, 0.05) is 29.1 Å². The third-order valence-electron chi connectivity index (χ3n) is 3.76. The fourth-order valence-corrected chi connectivity index (χ4v) is 2.45. The van der Waals surface area contributed by atoms with Crippen molar-refractivity contribution in [2.45, 2.75) is 0 Å². The number of aromatic hydroxyl groups is 2. The second-order valence-electron chi connectivity index (χ2n) is 5.42. The number of hydrazone groups is 1. The number of aromatic nitrogens is 1. The smallest absolute Gasteiger partial charge is 0.287 e. The lowest BCUT2D eigenvalue weighted by Gasteiger charge is -2.04. The Morgan fingerprint density at radius 1 is 1.15 bits per heavy atom. The van der Waals surface area contributed by atoms with E-state index in [0.717, 1.165) is 5.39 Å². The maximum absolute atomic E-state index is 12.3. The Balaban J connectivity index is 1.80. The van der Waals surface area contributed by atoms with Crippen molar-refractivity contribution >= 4 is 23.0 Å². The van der Waals surface area contributed by atoms with E-state index < -0.39 is 5.91 Å². The zero-order chi connectivity index (χ0) is 18.7. The lowest BCUT2D eigenvalue weighted by molar-refractivity contribution is 0.0951. The minimum absolute atomic E-state index is 0.0638. The molecule has 2 aromatic carbocycles. The van der Waals surface area contributed by atoms with Crippen molar-refractivity contribution in [3.8, 4) is 23.0 Å². The molecule has 0 bridgehead atoms. The summed E-state index contributed by atoms with van der Waals surface area (Å²) in [5.74, 6) is 0.504. The summed E-state index contributed by atoms with van der Waals surface area (Å²) >= 11 is 0. The van der Waals surface area contributed by atoms with Gasteiger partial charge in [0.1, 0.15) is 28.7 Å². The van der Waals surface area contributed by atoms with Gasteiger partial charge >= 0.3 is 0 Å². The van der Waals surface area contributed by atoms with Gasteiger partial charge in [-0.25, -0.2) is 5.43 Å². The maximum Gasteiger partial charge on any atom is 0.287 e. The van der Waals surface area contributed by atoms with Gasteiger partial charge < -0.3 is 24.7 Å². The summed E-state index contributed by atoms with van der Waals surface area (Å²) in [4.78, 5) is 15.3. The van der Waals surface area contributed by atoms with Crippen molar-refractivity contribution in [1.82, 2.24) is 10.4 Å². The molecule has 8 nitrogen and oxygen atoms in total. The molecule has 0 aliphatic rings. The van der Waals surface area contributed by atoms with Gasteiger partial charge in [-0.05, 0) is 18.2 Å². The van der Waals surface area contributed by atoms with Crippen LogP contribution in [0.2, 0.25) is 0 Å². The van der Waals surface area contributed by atoms with E-state index in [0.29, 0.717) is 28.3 Å². The van der Waals surface area contributed by atoms with Crippen molar-refractivity contribution in [1.29, 1.82) is 0 Å². The zero-order valence-corrected chi connectivity index (χ0v) is 14.1. The molecule has 134 valence electrons. The molecule has 4 N–H and O–H groups in total. The van der Waals surface area contributed by atoms with Crippen molar-refractivity contribution in [3.05, 3.63) is 47.7 Å². The highest BCUT2D eigenvalue weighted by atomic mass is 16.5. The third kappa shape index (κ3) is 3.39. The quantitative estimate of drug-likeness (QED) is 0.414. The summed E-state index contributed by atoms with van der Waals surface area (Å²) in [5.41, 5.74) is 3.70. The molecule has 26 heavy (non-hydrogen) atoms. The fraction of sp³-hybridized carbons (Fsp3) is 0.111. The van der Waals surface area contributed by atoms with Crippen LogP contribution in [0.25, 0.3) is 10.9 Å². The number of amides is 1. The molecule has 0 aliphatic heterocycles. The molecule has 1 heterocycles. The molecule has 3 aromatic rings. The molecule has 0 saturated carbocycles. The summed E-state index contributed by atoms with van der Waals surface area (Å²) in [7, 11) is 3.08. The van der Waals surface area contributed by atoms with E-state index in [9.17, 15) is 15.0 Å². The highest BCUT2D eigenvalue weighted by Gasteiger charge is 2.13. The first-order chi connectivity index (χ1) is 12.5. The number of nitrogens with one attached hydrogen (secondary N) is 2. The van der Waals surface area contributed by atoms with Crippen molar-refractivity contribution in [3.63, 3.8) is 0 Å². The number of aromatic amines is 1. The number of nitrogens with zero attached hydrogens (tertiary/aromatic N) is 1. The summed E-state index contributed by atoms with van der Waals surface area (Å²) in [5, 5.41) is 23.5. The molecule has 0 saturated heterocycles. The van der Waals surface area contributed by atoms with E-state index >= 15 is 0 Å². The number of phenolic OH excluding ortho intramolecular Hbond substituents is 2. The summed E-state index contributed by atoms with van der Waals surface area (Å²) < 4.78 is 10.5. The number of carbonyl (C=O) groups excluding carboxylic acids is 1. The van der Waals surface area contributed by atoms with Crippen LogP contribution in [0.1, 0.15) is 16.1 Å². The number of hydrogen-bond acceptors (Lipinski definition) is 6. The van der Waals surface area contributed by atoms with Crippen LogP contribution < -0.4 is 14.9 Å². The van der Waals surface area contributed by atoms with Crippen LogP contribution in [0.4, 0.5) is 0 Å². The number of rotatable bonds is 5. The number of methoxy groups -OCH3 is 2. The highest BCUT2D eigenvalue weighted by Crippen LogP contribution is 2.31. The topological polar surface area (TPSA) is 116 Å². The molecule has 3 rings (SSSR count). The second kappa shape index (κ2) is 7.06. The van der Waals surface area contributed by atoms with Crippen LogP contribution in [0.3, 0.4) is 0 Å². The molecule has 0 aliphatic carbocycles. The van der Waals surface area contributed by atoms with Gasteiger partial charge in [-0.2, -0.15) is 5.10 Å². The van der Waals surface area contributed by atoms with E-state index in [1.165, 1.54) is 31.5 Å². The molecule has 0 atom stereocenters. The SMILES string of the molecule is COc1cc(OC)c2cc(C(=O)N/N=C/c3ccc(O)cc3O)[nH]c2c1. The van der Waals surface area contributed by atoms with Crippen molar-refractivity contribution < 1.29 is 24.5 Å².